The Kier molecular flexibility index (Phi) is 5.08. The van der Waals surface area contributed by atoms with Crippen molar-refractivity contribution in [3.63, 3.8) is 0 Å². The molecule has 3 rings (SSSR count). The van der Waals surface area contributed by atoms with Gasteiger partial charge in [-0.1, -0.05) is 12.1 Å². The molecule has 0 aliphatic heterocycles. The summed E-state index contributed by atoms with van der Waals surface area (Å²) in [7, 11) is 0. The predicted molar refractivity (Wildman–Crippen MR) is 98.5 cm³/mol. The standard InChI is InChI=1S/C21H19F3N2O/c1-12-13(2)20(21(27)25-18-6-4-5-16(22)9-18)26(14(12)3)11-15-7-8-17(23)10-19(15)24/h4-10H,11H2,1-3H3,(H,25,27). The Morgan fingerprint density at radius 1 is 0.963 bits per heavy atom. The van der Waals surface area contributed by atoms with Crippen molar-refractivity contribution in [1.82, 2.24) is 4.57 Å². The third-order valence-electron chi connectivity index (χ3n) is 4.78. The van der Waals surface area contributed by atoms with E-state index in [1.54, 1.807) is 17.6 Å². The number of hydrogen-bond acceptors (Lipinski definition) is 1. The van der Waals surface area contributed by atoms with Crippen LogP contribution in [0, 0.1) is 38.2 Å². The molecule has 0 atom stereocenters. The zero-order valence-corrected chi connectivity index (χ0v) is 15.2. The van der Waals surface area contributed by atoms with Crippen LogP contribution in [0.15, 0.2) is 42.5 Å². The molecule has 0 aliphatic rings. The van der Waals surface area contributed by atoms with Crippen LogP contribution in [0.3, 0.4) is 0 Å². The van der Waals surface area contributed by atoms with Gasteiger partial charge in [0.05, 0.1) is 6.54 Å². The minimum Gasteiger partial charge on any atom is -0.336 e. The van der Waals surface area contributed by atoms with E-state index in [1.165, 1.54) is 30.3 Å². The van der Waals surface area contributed by atoms with Crippen molar-refractivity contribution in [2.75, 3.05) is 5.32 Å². The van der Waals surface area contributed by atoms with E-state index in [9.17, 15) is 18.0 Å². The number of hydrogen-bond donors (Lipinski definition) is 1. The van der Waals surface area contributed by atoms with E-state index in [1.807, 2.05) is 13.8 Å². The molecule has 1 aromatic heterocycles. The molecule has 0 saturated heterocycles. The zero-order valence-electron chi connectivity index (χ0n) is 15.2. The molecule has 3 nitrogen and oxygen atoms in total. The molecular formula is C21H19F3N2O. The molecule has 0 bridgehead atoms. The van der Waals surface area contributed by atoms with Crippen LogP contribution < -0.4 is 5.32 Å². The first kappa shape index (κ1) is 18.8. The first-order valence-corrected chi connectivity index (χ1v) is 8.45. The van der Waals surface area contributed by atoms with Crippen molar-refractivity contribution in [2.45, 2.75) is 27.3 Å². The average Bonchev–Trinajstić information content (AvgIpc) is 2.81. The van der Waals surface area contributed by atoms with Crippen LogP contribution in [0.2, 0.25) is 0 Å². The summed E-state index contributed by atoms with van der Waals surface area (Å²) in [5, 5.41) is 2.68. The Morgan fingerprint density at radius 3 is 2.33 bits per heavy atom. The first-order valence-electron chi connectivity index (χ1n) is 8.45. The highest BCUT2D eigenvalue weighted by Crippen LogP contribution is 2.25. The van der Waals surface area contributed by atoms with Crippen LogP contribution in [-0.2, 0) is 6.54 Å². The molecule has 140 valence electrons. The topological polar surface area (TPSA) is 34.0 Å². The monoisotopic (exact) mass is 372 g/mol. The molecule has 1 N–H and O–H groups in total. The lowest BCUT2D eigenvalue weighted by molar-refractivity contribution is 0.101. The van der Waals surface area contributed by atoms with E-state index in [-0.39, 0.29) is 12.1 Å². The highest BCUT2D eigenvalue weighted by molar-refractivity contribution is 6.04. The van der Waals surface area contributed by atoms with Gasteiger partial charge >= 0.3 is 0 Å². The lowest BCUT2D eigenvalue weighted by atomic mass is 10.1. The van der Waals surface area contributed by atoms with Crippen molar-refractivity contribution in [2.24, 2.45) is 0 Å². The molecule has 1 heterocycles. The van der Waals surface area contributed by atoms with Crippen molar-refractivity contribution in [1.29, 1.82) is 0 Å². The number of benzene rings is 2. The Morgan fingerprint density at radius 2 is 1.67 bits per heavy atom. The lowest BCUT2D eigenvalue weighted by Crippen LogP contribution is -2.19. The third kappa shape index (κ3) is 3.74. The molecule has 0 fully saturated rings. The van der Waals surface area contributed by atoms with E-state index < -0.39 is 23.4 Å². The van der Waals surface area contributed by atoms with Crippen molar-refractivity contribution >= 4 is 11.6 Å². The number of nitrogens with one attached hydrogen (secondary N) is 1. The summed E-state index contributed by atoms with van der Waals surface area (Å²) in [6.07, 6.45) is 0. The molecule has 0 unspecified atom stereocenters. The Labute approximate surface area is 155 Å². The van der Waals surface area contributed by atoms with Gasteiger partial charge in [0.15, 0.2) is 0 Å². The number of rotatable bonds is 4. The first-order chi connectivity index (χ1) is 12.8. The minimum atomic E-state index is -0.671. The van der Waals surface area contributed by atoms with Gasteiger partial charge in [0, 0.05) is 23.0 Å². The average molecular weight is 372 g/mol. The number of amides is 1. The third-order valence-corrected chi connectivity index (χ3v) is 4.78. The SMILES string of the molecule is Cc1c(C)c(C(=O)Nc2cccc(F)c2)n(Cc2ccc(F)cc2F)c1C. The molecule has 1 amide bonds. The number of aromatic nitrogens is 1. The van der Waals surface area contributed by atoms with Crippen LogP contribution in [-0.4, -0.2) is 10.5 Å². The summed E-state index contributed by atoms with van der Waals surface area (Å²) >= 11 is 0. The summed E-state index contributed by atoms with van der Waals surface area (Å²) in [6, 6.07) is 8.96. The fraction of sp³-hybridized carbons (Fsp3) is 0.190. The fourth-order valence-corrected chi connectivity index (χ4v) is 3.09. The summed E-state index contributed by atoms with van der Waals surface area (Å²) in [6.45, 7) is 5.60. The van der Waals surface area contributed by atoms with Gasteiger partial charge < -0.3 is 9.88 Å². The summed E-state index contributed by atoms with van der Waals surface area (Å²) in [5.41, 5.74) is 3.43. The van der Waals surface area contributed by atoms with Gasteiger partial charge in [0.25, 0.3) is 5.91 Å². The van der Waals surface area contributed by atoms with E-state index in [2.05, 4.69) is 5.32 Å². The second-order valence-corrected chi connectivity index (χ2v) is 6.47. The molecule has 0 spiro atoms. The lowest BCUT2D eigenvalue weighted by Gasteiger charge is -2.14. The van der Waals surface area contributed by atoms with Crippen LogP contribution >= 0.6 is 0 Å². The van der Waals surface area contributed by atoms with Gasteiger partial charge in [-0.15, -0.1) is 0 Å². The Bertz CT molecular complexity index is 1020. The normalized spacial score (nSPS) is 10.9. The molecule has 27 heavy (non-hydrogen) atoms. The second kappa shape index (κ2) is 7.31. The number of halogens is 3. The quantitative estimate of drug-likeness (QED) is 0.677. The smallest absolute Gasteiger partial charge is 0.272 e. The molecule has 6 heteroatoms. The highest BCUT2D eigenvalue weighted by atomic mass is 19.1. The van der Waals surface area contributed by atoms with Gasteiger partial charge in [-0.05, 0) is 56.2 Å². The highest BCUT2D eigenvalue weighted by Gasteiger charge is 2.22. The largest absolute Gasteiger partial charge is 0.336 e. The van der Waals surface area contributed by atoms with Crippen LogP contribution in [0.1, 0.15) is 32.9 Å². The Balaban J connectivity index is 2.00. The summed E-state index contributed by atoms with van der Waals surface area (Å²) in [4.78, 5) is 12.9. The zero-order chi connectivity index (χ0) is 19.7. The molecule has 3 aromatic rings. The van der Waals surface area contributed by atoms with Gasteiger partial charge in [-0.2, -0.15) is 0 Å². The molecule has 0 radical (unpaired) electrons. The number of nitrogens with zero attached hydrogens (tertiary/aromatic N) is 1. The molecule has 0 saturated carbocycles. The van der Waals surface area contributed by atoms with Crippen molar-refractivity contribution in [3.05, 3.63) is 88.0 Å². The number of anilines is 1. The summed E-state index contributed by atoms with van der Waals surface area (Å²) in [5.74, 6) is -2.20. The van der Waals surface area contributed by atoms with Gasteiger partial charge in [-0.25, -0.2) is 13.2 Å². The maximum atomic E-state index is 14.1. The second-order valence-electron chi connectivity index (χ2n) is 6.47. The summed E-state index contributed by atoms with van der Waals surface area (Å²) < 4.78 is 42.4. The van der Waals surface area contributed by atoms with Crippen molar-refractivity contribution in [3.8, 4) is 0 Å². The Hall–Kier alpha value is -3.02. The van der Waals surface area contributed by atoms with E-state index in [0.29, 0.717) is 11.4 Å². The number of carbonyl (C=O) groups is 1. The van der Waals surface area contributed by atoms with E-state index >= 15 is 0 Å². The van der Waals surface area contributed by atoms with E-state index in [4.69, 9.17) is 0 Å². The fourth-order valence-electron chi connectivity index (χ4n) is 3.09. The van der Waals surface area contributed by atoms with Gasteiger partial charge in [0.1, 0.15) is 23.1 Å². The molecule has 2 aromatic carbocycles. The molecule has 0 aliphatic carbocycles. The van der Waals surface area contributed by atoms with Crippen molar-refractivity contribution < 1.29 is 18.0 Å². The maximum absolute atomic E-state index is 14.1. The van der Waals surface area contributed by atoms with Gasteiger partial charge in [0.2, 0.25) is 0 Å². The molecular weight excluding hydrogens is 353 g/mol. The van der Waals surface area contributed by atoms with Crippen LogP contribution in [0.5, 0.6) is 0 Å². The van der Waals surface area contributed by atoms with Crippen LogP contribution in [0.4, 0.5) is 18.9 Å². The minimum absolute atomic E-state index is 0.0819. The number of carbonyl (C=O) groups excluding carboxylic acids is 1. The van der Waals surface area contributed by atoms with Gasteiger partial charge in [-0.3, -0.25) is 4.79 Å². The maximum Gasteiger partial charge on any atom is 0.272 e. The van der Waals surface area contributed by atoms with Crippen LogP contribution in [0.25, 0.3) is 0 Å². The van der Waals surface area contributed by atoms with E-state index in [0.717, 1.165) is 22.9 Å². The predicted octanol–water partition coefficient (Wildman–Crippen LogP) is 5.13.